The smallest absolute Gasteiger partial charge is 0.191 e. The van der Waals surface area contributed by atoms with Crippen LogP contribution < -0.4 is 0 Å². The zero-order valence-corrected chi connectivity index (χ0v) is 15.0. The molecule has 0 amide bonds. The summed E-state index contributed by atoms with van der Waals surface area (Å²) in [4.78, 5) is 0. The Labute approximate surface area is 152 Å². The molecule has 0 atom stereocenters. The first-order chi connectivity index (χ1) is 12.4. The van der Waals surface area contributed by atoms with Crippen molar-refractivity contribution in [1.29, 1.82) is 0 Å². The standard InChI is InChI=1S/C21H21N3S/c1-2-4-16(5-3-1)17-8-6-15(7-9-17)14-25-21-23-22-20(18-10-11-18)24(21)19-12-13-19/h1-9,18-19H,10-14H2. The molecule has 5 rings (SSSR count). The number of rotatable bonds is 6. The van der Waals surface area contributed by atoms with E-state index >= 15 is 0 Å². The zero-order valence-electron chi connectivity index (χ0n) is 14.1. The Morgan fingerprint density at radius 3 is 2.24 bits per heavy atom. The monoisotopic (exact) mass is 347 g/mol. The summed E-state index contributed by atoms with van der Waals surface area (Å²) in [5.74, 6) is 2.86. The molecule has 1 aromatic heterocycles. The van der Waals surface area contributed by atoms with Gasteiger partial charge in [0.05, 0.1) is 0 Å². The Kier molecular flexibility index (Phi) is 3.86. The molecule has 2 fully saturated rings. The van der Waals surface area contributed by atoms with Gasteiger partial charge in [-0.05, 0) is 42.4 Å². The van der Waals surface area contributed by atoms with Crippen molar-refractivity contribution in [2.75, 3.05) is 0 Å². The summed E-state index contributed by atoms with van der Waals surface area (Å²) in [6.07, 6.45) is 5.15. The van der Waals surface area contributed by atoms with Crippen LogP contribution in [0.15, 0.2) is 59.8 Å². The molecule has 126 valence electrons. The molecule has 0 saturated heterocycles. The third-order valence-corrected chi connectivity index (χ3v) is 5.99. The van der Waals surface area contributed by atoms with Crippen molar-refractivity contribution in [2.45, 2.75) is 48.6 Å². The number of aromatic nitrogens is 3. The Morgan fingerprint density at radius 1 is 0.840 bits per heavy atom. The van der Waals surface area contributed by atoms with Crippen molar-refractivity contribution >= 4 is 11.8 Å². The molecule has 2 aliphatic carbocycles. The molecule has 2 aromatic carbocycles. The average Bonchev–Trinajstić information content (AvgIpc) is 3.60. The van der Waals surface area contributed by atoms with Crippen LogP contribution in [0.3, 0.4) is 0 Å². The topological polar surface area (TPSA) is 30.7 Å². The van der Waals surface area contributed by atoms with Crippen LogP contribution in [0.5, 0.6) is 0 Å². The van der Waals surface area contributed by atoms with Gasteiger partial charge >= 0.3 is 0 Å². The van der Waals surface area contributed by atoms with E-state index in [1.165, 1.54) is 48.2 Å². The molecule has 25 heavy (non-hydrogen) atoms. The molecule has 4 heteroatoms. The summed E-state index contributed by atoms with van der Waals surface area (Å²) in [6.45, 7) is 0. The number of hydrogen-bond acceptors (Lipinski definition) is 3. The number of benzene rings is 2. The molecule has 1 heterocycles. The summed E-state index contributed by atoms with van der Waals surface area (Å²) in [7, 11) is 0. The van der Waals surface area contributed by atoms with E-state index in [1.807, 2.05) is 11.8 Å². The minimum absolute atomic E-state index is 0.661. The molecular formula is C21H21N3S. The maximum atomic E-state index is 4.50. The van der Waals surface area contributed by atoms with E-state index in [0.717, 1.165) is 10.9 Å². The van der Waals surface area contributed by atoms with Gasteiger partial charge < -0.3 is 4.57 Å². The summed E-state index contributed by atoms with van der Waals surface area (Å²) in [6, 6.07) is 20.1. The lowest BCUT2D eigenvalue weighted by atomic mass is 10.0. The van der Waals surface area contributed by atoms with Gasteiger partial charge in [-0.2, -0.15) is 0 Å². The first-order valence-electron chi connectivity index (χ1n) is 9.10. The fraction of sp³-hybridized carbons (Fsp3) is 0.333. The van der Waals surface area contributed by atoms with Gasteiger partial charge in [-0.1, -0.05) is 66.4 Å². The van der Waals surface area contributed by atoms with Crippen LogP contribution in [0.1, 0.15) is 49.0 Å². The molecule has 0 radical (unpaired) electrons. The van der Waals surface area contributed by atoms with E-state index in [2.05, 4.69) is 69.4 Å². The van der Waals surface area contributed by atoms with Crippen molar-refractivity contribution in [2.24, 2.45) is 0 Å². The predicted molar refractivity (Wildman–Crippen MR) is 102 cm³/mol. The number of thioether (sulfide) groups is 1. The highest BCUT2D eigenvalue weighted by molar-refractivity contribution is 7.98. The quantitative estimate of drug-likeness (QED) is 0.556. The van der Waals surface area contributed by atoms with Gasteiger partial charge in [0.25, 0.3) is 0 Å². The lowest BCUT2D eigenvalue weighted by molar-refractivity contribution is 0.627. The Hall–Kier alpha value is -2.07. The van der Waals surface area contributed by atoms with E-state index in [4.69, 9.17) is 0 Å². The van der Waals surface area contributed by atoms with Crippen LogP contribution in [0.4, 0.5) is 0 Å². The van der Waals surface area contributed by atoms with Crippen LogP contribution in [0.25, 0.3) is 11.1 Å². The molecule has 0 bridgehead atoms. The van der Waals surface area contributed by atoms with Crippen molar-refractivity contribution < 1.29 is 0 Å². The fourth-order valence-corrected chi connectivity index (χ4v) is 4.22. The van der Waals surface area contributed by atoms with Gasteiger partial charge in [-0.3, -0.25) is 0 Å². The molecular weight excluding hydrogens is 326 g/mol. The largest absolute Gasteiger partial charge is 0.303 e. The number of nitrogens with zero attached hydrogens (tertiary/aromatic N) is 3. The Morgan fingerprint density at radius 2 is 1.56 bits per heavy atom. The second kappa shape index (κ2) is 6.34. The van der Waals surface area contributed by atoms with Crippen LogP contribution >= 0.6 is 11.8 Å². The molecule has 2 saturated carbocycles. The predicted octanol–water partition coefficient (Wildman–Crippen LogP) is 5.45. The zero-order chi connectivity index (χ0) is 16.6. The van der Waals surface area contributed by atoms with E-state index in [1.54, 1.807) is 0 Å². The lowest BCUT2D eigenvalue weighted by Gasteiger charge is -2.08. The Bertz CT molecular complexity index is 862. The highest BCUT2D eigenvalue weighted by Crippen LogP contribution is 2.46. The SMILES string of the molecule is c1ccc(-c2ccc(CSc3nnc(C4CC4)n3C3CC3)cc2)cc1. The van der Waals surface area contributed by atoms with Crippen LogP contribution in [-0.2, 0) is 5.75 Å². The van der Waals surface area contributed by atoms with Gasteiger partial charge in [-0.25, -0.2) is 0 Å². The summed E-state index contributed by atoms with van der Waals surface area (Å²) < 4.78 is 2.43. The minimum atomic E-state index is 0.661. The van der Waals surface area contributed by atoms with E-state index in [-0.39, 0.29) is 0 Å². The summed E-state index contributed by atoms with van der Waals surface area (Å²) in [5.41, 5.74) is 3.87. The average molecular weight is 347 g/mol. The van der Waals surface area contributed by atoms with E-state index < -0.39 is 0 Å². The lowest BCUT2D eigenvalue weighted by Crippen LogP contribution is -2.01. The summed E-state index contributed by atoms with van der Waals surface area (Å²) in [5, 5.41) is 10.1. The maximum absolute atomic E-state index is 4.50. The Balaban J connectivity index is 1.30. The van der Waals surface area contributed by atoms with Crippen molar-refractivity contribution in [1.82, 2.24) is 14.8 Å². The van der Waals surface area contributed by atoms with Crippen molar-refractivity contribution in [3.05, 3.63) is 66.0 Å². The second-order valence-electron chi connectivity index (χ2n) is 7.07. The first-order valence-corrected chi connectivity index (χ1v) is 10.1. The van der Waals surface area contributed by atoms with E-state index in [9.17, 15) is 0 Å². The molecule has 0 N–H and O–H groups in total. The fourth-order valence-electron chi connectivity index (χ4n) is 3.25. The maximum Gasteiger partial charge on any atom is 0.191 e. The van der Waals surface area contributed by atoms with Crippen molar-refractivity contribution in [3.63, 3.8) is 0 Å². The number of hydrogen-bond donors (Lipinski definition) is 0. The molecule has 0 spiro atoms. The van der Waals surface area contributed by atoms with Gasteiger partial charge in [0.15, 0.2) is 5.16 Å². The van der Waals surface area contributed by atoms with Gasteiger partial charge in [0, 0.05) is 17.7 Å². The molecule has 0 aliphatic heterocycles. The highest BCUT2D eigenvalue weighted by atomic mass is 32.2. The minimum Gasteiger partial charge on any atom is -0.303 e. The third-order valence-electron chi connectivity index (χ3n) is 4.97. The first kappa shape index (κ1) is 15.2. The van der Waals surface area contributed by atoms with Crippen LogP contribution in [0, 0.1) is 0 Å². The van der Waals surface area contributed by atoms with Crippen molar-refractivity contribution in [3.8, 4) is 11.1 Å². The second-order valence-corrected chi connectivity index (χ2v) is 8.01. The molecule has 3 nitrogen and oxygen atoms in total. The highest BCUT2D eigenvalue weighted by Gasteiger charge is 2.36. The summed E-state index contributed by atoms with van der Waals surface area (Å²) >= 11 is 1.83. The molecule has 3 aromatic rings. The third kappa shape index (κ3) is 3.23. The van der Waals surface area contributed by atoms with Gasteiger partial charge in [-0.15, -0.1) is 10.2 Å². The van der Waals surface area contributed by atoms with E-state index in [0.29, 0.717) is 12.0 Å². The normalized spacial score (nSPS) is 17.0. The van der Waals surface area contributed by atoms with Gasteiger partial charge in [0.2, 0.25) is 0 Å². The van der Waals surface area contributed by atoms with Crippen LogP contribution in [-0.4, -0.2) is 14.8 Å². The molecule has 2 aliphatic rings. The van der Waals surface area contributed by atoms with Crippen LogP contribution in [0.2, 0.25) is 0 Å². The van der Waals surface area contributed by atoms with Gasteiger partial charge in [0.1, 0.15) is 5.82 Å². The molecule has 0 unspecified atom stereocenters.